The lowest BCUT2D eigenvalue weighted by Gasteiger charge is -2.27. The summed E-state index contributed by atoms with van der Waals surface area (Å²) in [5, 5.41) is 0. The molecule has 0 aromatic carbocycles. The third kappa shape index (κ3) is 4.63. The van der Waals surface area contributed by atoms with Gasteiger partial charge in [-0.1, -0.05) is 6.58 Å². The Morgan fingerprint density at radius 1 is 1.08 bits per heavy atom. The molecule has 0 aromatic heterocycles. The molecule has 7 nitrogen and oxygen atoms in total. The molecule has 0 aliphatic carbocycles. The Morgan fingerprint density at radius 3 is 1.88 bits per heavy atom. The zero-order valence-corrected chi connectivity index (χ0v) is 14.9. The summed E-state index contributed by atoms with van der Waals surface area (Å²) < 4.78 is 27.8. The van der Waals surface area contributed by atoms with Crippen molar-refractivity contribution in [1.82, 2.24) is 0 Å². The SMILES string of the molecule is C=C(C)C(=O)OCC(=O)C(C1COC(C)(C)O1)C1COC(C)(C)O1. The van der Waals surface area contributed by atoms with Crippen LogP contribution in [0.4, 0.5) is 0 Å². The maximum atomic E-state index is 12.7. The number of hydrogen-bond acceptors (Lipinski definition) is 7. The van der Waals surface area contributed by atoms with Gasteiger partial charge in [0.2, 0.25) is 0 Å². The molecule has 136 valence electrons. The van der Waals surface area contributed by atoms with E-state index in [1.54, 1.807) is 27.7 Å². The molecule has 0 radical (unpaired) electrons. The largest absolute Gasteiger partial charge is 0.454 e. The van der Waals surface area contributed by atoms with Gasteiger partial charge in [0.05, 0.1) is 31.3 Å². The highest BCUT2D eigenvalue weighted by molar-refractivity contribution is 5.90. The minimum atomic E-state index is -0.771. The first-order valence-electron chi connectivity index (χ1n) is 8.00. The standard InChI is InChI=1S/C17H26O7/c1-10(2)15(19)20-7-11(18)14(12-8-21-16(3,4)23-12)13-9-22-17(5,6)24-13/h12-14H,1,7-9H2,2-6H3. The van der Waals surface area contributed by atoms with E-state index in [1.165, 1.54) is 6.92 Å². The normalized spacial score (nSPS) is 29.2. The van der Waals surface area contributed by atoms with E-state index in [2.05, 4.69) is 6.58 Å². The van der Waals surface area contributed by atoms with E-state index in [9.17, 15) is 9.59 Å². The average Bonchev–Trinajstić information content (AvgIpc) is 2.98. The molecule has 2 unspecified atom stereocenters. The van der Waals surface area contributed by atoms with Crippen LogP contribution in [0.25, 0.3) is 0 Å². The molecular weight excluding hydrogens is 316 g/mol. The fraction of sp³-hybridized carbons (Fsp3) is 0.765. The zero-order valence-electron chi connectivity index (χ0n) is 14.9. The van der Waals surface area contributed by atoms with Crippen molar-refractivity contribution in [2.75, 3.05) is 19.8 Å². The van der Waals surface area contributed by atoms with Crippen LogP contribution in [0.3, 0.4) is 0 Å². The highest BCUT2D eigenvalue weighted by atomic mass is 16.8. The first-order chi connectivity index (χ1) is 11.0. The minimum absolute atomic E-state index is 0.238. The van der Waals surface area contributed by atoms with E-state index >= 15 is 0 Å². The second-order valence-electron chi connectivity index (χ2n) is 7.08. The van der Waals surface area contributed by atoms with Crippen molar-refractivity contribution in [3.05, 3.63) is 12.2 Å². The second-order valence-corrected chi connectivity index (χ2v) is 7.08. The van der Waals surface area contributed by atoms with Gasteiger partial charge in [-0.05, 0) is 34.6 Å². The number of ether oxygens (including phenoxy) is 5. The van der Waals surface area contributed by atoms with Crippen LogP contribution in [0.15, 0.2) is 12.2 Å². The molecule has 2 fully saturated rings. The van der Waals surface area contributed by atoms with Crippen molar-refractivity contribution in [3.8, 4) is 0 Å². The number of Topliss-reactive ketones (excluding diaryl/α,β-unsaturated/α-hetero) is 1. The predicted octanol–water partition coefficient (Wildman–Crippen LogP) is 1.59. The zero-order chi connectivity index (χ0) is 18.1. The number of hydrogen-bond donors (Lipinski definition) is 0. The molecule has 24 heavy (non-hydrogen) atoms. The molecule has 7 heteroatoms. The molecule has 2 aliphatic heterocycles. The van der Waals surface area contributed by atoms with Crippen LogP contribution in [0.5, 0.6) is 0 Å². The molecule has 2 rings (SSSR count). The van der Waals surface area contributed by atoms with Crippen molar-refractivity contribution in [2.45, 2.75) is 58.4 Å². The fourth-order valence-electron chi connectivity index (χ4n) is 2.79. The summed E-state index contributed by atoms with van der Waals surface area (Å²) in [7, 11) is 0. The van der Waals surface area contributed by atoms with Crippen molar-refractivity contribution >= 4 is 11.8 Å². The van der Waals surface area contributed by atoms with Crippen LogP contribution < -0.4 is 0 Å². The lowest BCUT2D eigenvalue weighted by Crippen LogP contribution is -2.44. The first-order valence-corrected chi connectivity index (χ1v) is 8.00. The molecule has 0 spiro atoms. The lowest BCUT2D eigenvalue weighted by atomic mass is 9.92. The van der Waals surface area contributed by atoms with Gasteiger partial charge < -0.3 is 23.7 Å². The summed E-state index contributed by atoms with van der Waals surface area (Å²) >= 11 is 0. The van der Waals surface area contributed by atoms with Crippen LogP contribution >= 0.6 is 0 Å². The Kier molecular flexibility index (Phi) is 5.49. The monoisotopic (exact) mass is 342 g/mol. The first kappa shape index (κ1) is 19.1. The van der Waals surface area contributed by atoms with Crippen LogP contribution in [-0.4, -0.2) is 55.4 Å². The summed E-state index contributed by atoms with van der Waals surface area (Å²) in [6, 6.07) is 0. The van der Waals surface area contributed by atoms with Crippen molar-refractivity contribution in [1.29, 1.82) is 0 Å². The van der Waals surface area contributed by atoms with Crippen molar-refractivity contribution < 1.29 is 33.3 Å². The summed E-state index contributed by atoms with van der Waals surface area (Å²) in [6.07, 6.45) is -0.975. The molecule has 2 aliphatic rings. The van der Waals surface area contributed by atoms with Crippen LogP contribution in [0.1, 0.15) is 34.6 Å². The van der Waals surface area contributed by atoms with Gasteiger partial charge >= 0.3 is 5.97 Å². The number of carbonyl (C=O) groups excluding carboxylic acids is 2. The fourth-order valence-corrected chi connectivity index (χ4v) is 2.79. The number of rotatable bonds is 6. The summed E-state index contributed by atoms with van der Waals surface area (Å²) in [4.78, 5) is 24.2. The van der Waals surface area contributed by atoms with Gasteiger partial charge in [-0.25, -0.2) is 4.79 Å². The molecule has 2 atom stereocenters. The molecule has 0 amide bonds. The molecule has 0 saturated carbocycles. The van der Waals surface area contributed by atoms with Gasteiger partial charge in [-0.3, -0.25) is 4.79 Å². The Hall–Kier alpha value is -1.28. The van der Waals surface area contributed by atoms with Crippen LogP contribution in [-0.2, 0) is 33.3 Å². The van der Waals surface area contributed by atoms with E-state index < -0.39 is 35.7 Å². The van der Waals surface area contributed by atoms with Crippen LogP contribution in [0, 0.1) is 5.92 Å². The van der Waals surface area contributed by atoms with Gasteiger partial charge in [-0.2, -0.15) is 0 Å². The van der Waals surface area contributed by atoms with E-state index in [0.717, 1.165) is 0 Å². The van der Waals surface area contributed by atoms with E-state index in [1.807, 2.05) is 0 Å². The minimum Gasteiger partial charge on any atom is -0.454 e. The number of ketones is 1. The third-order valence-electron chi connectivity index (χ3n) is 3.93. The Labute approximate surface area is 142 Å². The lowest BCUT2D eigenvalue weighted by molar-refractivity contribution is -0.173. The molecule has 2 saturated heterocycles. The third-order valence-corrected chi connectivity index (χ3v) is 3.93. The Morgan fingerprint density at radius 2 is 1.54 bits per heavy atom. The van der Waals surface area contributed by atoms with Gasteiger partial charge in [0.1, 0.15) is 0 Å². The number of carbonyl (C=O) groups is 2. The summed E-state index contributed by atoms with van der Waals surface area (Å²) in [5.41, 5.74) is 0.238. The van der Waals surface area contributed by atoms with E-state index in [4.69, 9.17) is 23.7 Å². The quantitative estimate of drug-likeness (QED) is 0.536. The van der Waals surface area contributed by atoms with E-state index in [-0.39, 0.29) is 31.2 Å². The van der Waals surface area contributed by atoms with Gasteiger partial charge in [0.15, 0.2) is 24.0 Å². The topological polar surface area (TPSA) is 80.3 Å². The maximum Gasteiger partial charge on any atom is 0.333 e. The Balaban J connectivity index is 2.09. The molecular formula is C17H26O7. The number of esters is 1. The highest BCUT2D eigenvalue weighted by Crippen LogP contribution is 2.34. The molecule has 0 N–H and O–H groups in total. The van der Waals surface area contributed by atoms with Crippen molar-refractivity contribution in [2.24, 2.45) is 5.92 Å². The van der Waals surface area contributed by atoms with Gasteiger partial charge in [0.25, 0.3) is 0 Å². The summed E-state index contributed by atoms with van der Waals surface area (Å²) in [5.74, 6) is -3.08. The van der Waals surface area contributed by atoms with Crippen molar-refractivity contribution in [3.63, 3.8) is 0 Å². The summed E-state index contributed by atoms with van der Waals surface area (Å²) in [6.45, 7) is 12.3. The predicted molar refractivity (Wildman–Crippen MR) is 84.1 cm³/mol. The maximum absolute atomic E-state index is 12.7. The highest BCUT2D eigenvalue weighted by Gasteiger charge is 2.48. The van der Waals surface area contributed by atoms with Crippen LogP contribution in [0.2, 0.25) is 0 Å². The van der Waals surface area contributed by atoms with E-state index in [0.29, 0.717) is 0 Å². The van der Waals surface area contributed by atoms with Gasteiger partial charge in [-0.15, -0.1) is 0 Å². The second kappa shape index (κ2) is 6.92. The molecule has 0 aromatic rings. The molecule has 2 heterocycles. The average molecular weight is 342 g/mol. The smallest absolute Gasteiger partial charge is 0.333 e. The van der Waals surface area contributed by atoms with Gasteiger partial charge in [0, 0.05) is 5.57 Å². The molecule has 0 bridgehead atoms. The Bertz CT molecular complexity index is 497.